The Hall–Kier alpha value is -0.370. The van der Waals surface area contributed by atoms with Gasteiger partial charge >= 0.3 is 0 Å². The first-order chi connectivity index (χ1) is 7.24. The van der Waals surface area contributed by atoms with Gasteiger partial charge in [0, 0.05) is 25.6 Å². The van der Waals surface area contributed by atoms with Gasteiger partial charge in [0.15, 0.2) is 0 Å². The molecular formula is C13H24O2. The molecule has 0 heterocycles. The van der Waals surface area contributed by atoms with Gasteiger partial charge < -0.3 is 4.74 Å². The highest BCUT2D eigenvalue weighted by atomic mass is 16.5. The third-order valence-corrected chi connectivity index (χ3v) is 3.31. The first-order valence-electron chi connectivity index (χ1n) is 6.34. The Morgan fingerprint density at radius 2 is 2.20 bits per heavy atom. The van der Waals surface area contributed by atoms with Gasteiger partial charge in [0.2, 0.25) is 0 Å². The number of ketones is 1. The summed E-state index contributed by atoms with van der Waals surface area (Å²) in [6.07, 6.45) is 6.41. The van der Waals surface area contributed by atoms with Crippen LogP contribution < -0.4 is 0 Å². The standard InChI is InChI=1S/C13H24O2/c1-3-15-9-5-8-13(14)12-7-4-6-11(2)10-12/h11-12H,3-10H2,1-2H3. The predicted molar refractivity (Wildman–Crippen MR) is 61.9 cm³/mol. The Morgan fingerprint density at radius 3 is 2.87 bits per heavy atom. The quantitative estimate of drug-likeness (QED) is 0.632. The van der Waals surface area contributed by atoms with Crippen molar-refractivity contribution in [2.75, 3.05) is 13.2 Å². The van der Waals surface area contributed by atoms with Crippen LogP contribution in [0.25, 0.3) is 0 Å². The van der Waals surface area contributed by atoms with Crippen LogP contribution in [0.2, 0.25) is 0 Å². The lowest BCUT2D eigenvalue weighted by Gasteiger charge is -2.25. The Morgan fingerprint density at radius 1 is 1.40 bits per heavy atom. The summed E-state index contributed by atoms with van der Waals surface area (Å²) < 4.78 is 5.24. The molecule has 0 spiro atoms. The Bertz CT molecular complexity index is 189. The lowest BCUT2D eigenvalue weighted by molar-refractivity contribution is -0.124. The van der Waals surface area contributed by atoms with Crippen molar-refractivity contribution in [3.05, 3.63) is 0 Å². The van der Waals surface area contributed by atoms with Crippen LogP contribution in [0.4, 0.5) is 0 Å². The summed E-state index contributed by atoms with van der Waals surface area (Å²) in [5.41, 5.74) is 0. The number of rotatable bonds is 6. The Balaban J connectivity index is 2.15. The number of hydrogen-bond donors (Lipinski definition) is 0. The summed E-state index contributed by atoms with van der Waals surface area (Å²) in [6, 6.07) is 0. The average molecular weight is 212 g/mol. The van der Waals surface area contributed by atoms with Gasteiger partial charge in [-0.3, -0.25) is 4.79 Å². The molecule has 88 valence electrons. The van der Waals surface area contributed by atoms with Crippen LogP contribution in [0.1, 0.15) is 52.4 Å². The minimum absolute atomic E-state index is 0.357. The molecule has 1 rings (SSSR count). The van der Waals surface area contributed by atoms with Crippen LogP contribution in [0.3, 0.4) is 0 Å². The van der Waals surface area contributed by atoms with Crippen LogP contribution in [0.15, 0.2) is 0 Å². The first kappa shape index (κ1) is 12.7. The molecule has 0 aliphatic heterocycles. The minimum Gasteiger partial charge on any atom is -0.382 e. The molecule has 2 unspecified atom stereocenters. The monoisotopic (exact) mass is 212 g/mol. The van der Waals surface area contributed by atoms with Crippen molar-refractivity contribution in [3.63, 3.8) is 0 Å². The lowest BCUT2D eigenvalue weighted by atomic mass is 9.79. The zero-order valence-electron chi connectivity index (χ0n) is 10.1. The molecule has 0 saturated heterocycles. The van der Waals surface area contributed by atoms with Crippen molar-refractivity contribution in [1.29, 1.82) is 0 Å². The molecule has 0 aromatic rings. The Labute approximate surface area is 93.4 Å². The van der Waals surface area contributed by atoms with E-state index in [2.05, 4.69) is 6.92 Å². The first-order valence-corrected chi connectivity index (χ1v) is 6.34. The van der Waals surface area contributed by atoms with Crippen molar-refractivity contribution >= 4 is 5.78 Å². The van der Waals surface area contributed by atoms with Gasteiger partial charge in [-0.25, -0.2) is 0 Å². The summed E-state index contributed by atoms with van der Waals surface area (Å²) in [7, 11) is 0. The second kappa shape index (κ2) is 7.00. The largest absolute Gasteiger partial charge is 0.382 e. The molecule has 1 fully saturated rings. The summed E-state index contributed by atoms with van der Waals surface area (Å²) in [5, 5.41) is 0. The van der Waals surface area contributed by atoms with E-state index in [-0.39, 0.29) is 0 Å². The molecule has 0 bridgehead atoms. The van der Waals surface area contributed by atoms with Crippen molar-refractivity contribution < 1.29 is 9.53 Å². The van der Waals surface area contributed by atoms with Crippen LogP contribution in [-0.4, -0.2) is 19.0 Å². The molecule has 0 radical (unpaired) electrons. The molecule has 1 aliphatic rings. The fourth-order valence-electron chi connectivity index (χ4n) is 2.42. The van der Waals surface area contributed by atoms with Crippen LogP contribution in [-0.2, 0) is 9.53 Å². The Kier molecular flexibility index (Phi) is 5.92. The number of carbonyl (C=O) groups excluding carboxylic acids is 1. The number of ether oxygens (including phenoxy) is 1. The van der Waals surface area contributed by atoms with Crippen molar-refractivity contribution in [3.8, 4) is 0 Å². The summed E-state index contributed by atoms with van der Waals surface area (Å²) in [4.78, 5) is 11.9. The van der Waals surface area contributed by atoms with Crippen LogP contribution >= 0.6 is 0 Å². The summed E-state index contributed by atoms with van der Waals surface area (Å²) in [6.45, 7) is 5.75. The van der Waals surface area contributed by atoms with Crippen molar-refractivity contribution in [1.82, 2.24) is 0 Å². The predicted octanol–water partition coefficient (Wildman–Crippen LogP) is 3.20. The molecule has 0 amide bonds. The molecule has 2 nitrogen and oxygen atoms in total. The van der Waals surface area contributed by atoms with E-state index in [0.717, 1.165) is 44.8 Å². The average Bonchev–Trinajstić information content (AvgIpc) is 2.24. The van der Waals surface area contributed by atoms with E-state index in [9.17, 15) is 4.79 Å². The van der Waals surface area contributed by atoms with Gasteiger partial charge in [-0.15, -0.1) is 0 Å². The van der Waals surface area contributed by atoms with Gasteiger partial charge in [-0.05, 0) is 32.1 Å². The molecule has 2 heteroatoms. The molecule has 2 atom stereocenters. The van der Waals surface area contributed by atoms with Crippen LogP contribution in [0, 0.1) is 11.8 Å². The third kappa shape index (κ3) is 4.78. The van der Waals surface area contributed by atoms with Gasteiger partial charge in [0.05, 0.1) is 0 Å². The molecule has 0 aromatic heterocycles. The molecule has 1 aliphatic carbocycles. The van der Waals surface area contributed by atoms with E-state index >= 15 is 0 Å². The van der Waals surface area contributed by atoms with E-state index in [1.54, 1.807) is 0 Å². The normalized spacial score (nSPS) is 26.5. The second-order valence-corrected chi connectivity index (χ2v) is 4.74. The molecule has 0 N–H and O–H groups in total. The summed E-state index contributed by atoms with van der Waals surface area (Å²) >= 11 is 0. The van der Waals surface area contributed by atoms with Crippen LogP contribution in [0.5, 0.6) is 0 Å². The maximum absolute atomic E-state index is 11.9. The maximum Gasteiger partial charge on any atom is 0.136 e. The fraction of sp³-hybridized carbons (Fsp3) is 0.923. The van der Waals surface area contributed by atoms with E-state index in [4.69, 9.17) is 4.74 Å². The van der Waals surface area contributed by atoms with E-state index in [1.165, 1.54) is 12.8 Å². The lowest BCUT2D eigenvalue weighted by Crippen LogP contribution is -2.21. The van der Waals surface area contributed by atoms with Gasteiger partial charge in [-0.2, -0.15) is 0 Å². The van der Waals surface area contributed by atoms with Gasteiger partial charge in [0.25, 0.3) is 0 Å². The van der Waals surface area contributed by atoms with E-state index < -0.39 is 0 Å². The highest BCUT2D eigenvalue weighted by molar-refractivity contribution is 5.81. The van der Waals surface area contributed by atoms with Crippen molar-refractivity contribution in [2.45, 2.75) is 52.4 Å². The molecule has 1 saturated carbocycles. The van der Waals surface area contributed by atoms with E-state index in [1.807, 2.05) is 6.92 Å². The smallest absolute Gasteiger partial charge is 0.136 e. The van der Waals surface area contributed by atoms with Crippen molar-refractivity contribution in [2.24, 2.45) is 11.8 Å². The highest BCUT2D eigenvalue weighted by Gasteiger charge is 2.24. The molecule has 15 heavy (non-hydrogen) atoms. The van der Waals surface area contributed by atoms with Gasteiger partial charge in [-0.1, -0.05) is 19.8 Å². The zero-order chi connectivity index (χ0) is 11.1. The highest BCUT2D eigenvalue weighted by Crippen LogP contribution is 2.29. The fourth-order valence-corrected chi connectivity index (χ4v) is 2.42. The number of Topliss-reactive ketones (excluding diaryl/α,β-unsaturated/α-hetero) is 1. The summed E-state index contributed by atoms with van der Waals surface area (Å²) in [5.74, 6) is 1.58. The maximum atomic E-state index is 11.9. The molecular weight excluding hydrogens is 188 g/mol. The minimum atomic E-state index is 0.357. The number of hydrogen-bond acceptors (Lipinski definition) is 2. The SMILES string of the molecule is CCOCCCC(=O)C1CCCC(C)C1. The van der Waals surface area contributed by atoms with Gasteiger partial charge in [0.1, 0.15) is 5.78 Å². The zero-order valence-corrected chi connectivity index (χ0v) is 10.1. The second-order valence-electron chi connectivity index (χ2n) is 4.74. The topological polar surface area (TPSA) is 26.3 Å². The number of carbonyl (C=O) groups is 1. The third-order valence-electron chi connectivity index (χ3n) is 3.31. The van der Waals surface area contributed by atoms with E-state index in [0.29, 0.717) is 11.7 Å². The molecule has 0 aromatic carbocycles.